The van der Waals surface area contributed by atoms with Gasteiger partial charge in [-0.25, -0.2) is 0 Å². The van der Waals surface area contributed by atoms with Crippen molar-refractivity contribution in [2.75, 3.05) is 39.9 Å². The molecule has 2 aliphatic heterocycles. The Balaban J connectivity index is 1.67. The zero-order valence-corrected chi connectivity index (χ0v) is 14.2. The summed E-state index contributed by atoms with van der Waals surface area (Å²) >= 11 is 0. The normalized spacial score (nSPS) is 20.9. The highest BCUT2D eigenvalue weighted by Crippen LogP contribution is 2.23. The largest absolute Gasteiger partial charge is 0.383 e. The lowest BCUT2D eigenvalue weighted by Crippen LogP contribution is -2.30. The lowest BCUT2D eigenvalue weighted by atomic mass is 9.98. The van der Waals surface area contributed by atoms with E-state index in [2.05, 4.69) is 4.98 Å². The second-order valence-corrected chi connectivity index (χ2v) is 6.60. The molecule has 0 aliphatic carbocycles. The lowest BCUT2D eigenvalue weighted by molar-refractivity contribution is -0.128. The van der Waals surface area contributed by atoms with Gasteiger partial charge in [-0.15, -0.1) is 0 Å². The highest BCUT2D eigenvalue weighted by Gasteiger charge is 2.31. The molecule has 1 unspecified atom stereocenters. The fourth-order valence-electron chi connectivity index (χ4n) is 3.57. The van der Waals surface area contributed by atoms with E-state index in [1.54, 1.807) is 13.3 Å². The quantitative estimate of drug-likeness (QED) is 0.789. The molecule has 2 saturated heterocycles. The number of hydrogen-bond acceptors (Lipinski definition) is 4. The second-order valence-electron chi connectivity index (χ2n) is 6.60. The van der Waals surface area contributed by atoms with E-state index >= 15 is 0 Å². The molecular formula is C18H25N3O3. The van der Waals surface area contributed by atoms with Crippen LogP contribution in [-0.2, 0) is 16.0 Å². The monoisotopic (exact) mass is 331 g/mol. The van der Waals surface area contributed by atoms with E-state index in [1.165, 1.54) is 0 Å². The average Bonchev–Trinajstić information content (AvgIpc) is 3.23. The summed E-state index contributed by atoms with van der Waals surface area (Å²) in [6, 6.07) is 3.68. The molecule has 1 aromatic rings. The van der Waals surface area contributed by atoms with E-state index < -0.39 is 0 Å². The molecule has 6 heteroatoms. The molecule has 6 nitrogen and oxygen atoms in total. The molecule has 3 rings (SSSR count). The van der Waals surface area contributed by atoms with Gasteiger partial charge in [0.05, 0.1) is 17.9 Å². The van der Waals surface area contributed by atoms with Crippen molar-refractivity contribution in [1.29, 1.82) is 0 Å². The van der Waals surface area contributed by atoms with Gasteiger partial charge in [0.1, 0.15) is 0 Å². The maximum Gasteiger partial charge on any atom is 0.255 e. The Morgan fingerprint density at radius 2 is 2.17 bits per heavy atom. The maximum atomic E-state index is 12.7. The van der Waals surface area contributed by atoms with Gasteiger partial charge in [-0.1, -0.05) is 0 Å². The molecule has 1 atom stereocenters. The fourth-order valence-corrected chi connectivity index (χ4v) is 3.57. The molecule has 0 N–H and O–H groups in total. The Bertz CT molecular complexity index is 599. The Labute approximate surface area is 142 Å². The summed E-state index contributed by atoms with van der Waals surface area (Å²) in [5.74, 6) is 0.464. The highest BCUT2D eigenvalue weighted by atomic mass is 16.5. The minimum absolute atomic E-state index is 0.0798. The number of ether oxygens (including phenoxy) is 1. The zero-order chi connectivity index (χ0) is 16.9. The minimum atomic E-state index is 0.0798. The number of likely N-dealkylation sites (tertiary alicyclic amines) is 2. The summed E-state index contributed by atoms with van der Waals surface area (Å²) in [6.45, 7) is 3.57. The molecule has 0 bridgehead atoms. The summed E-state index contributed by atoms with van der Waals surface area (Å²) < 4.78 is 5.06. The molecule has 0 radical (unpaired) electrons. The molecule has 0 saturated carbocycles. The number of carbonyl (C=O) groups excluding carboxylic acids is 2. The number of methoxy groups -OCH3 is 1. The standard InChI is InChI=1S/C18H25N3O3/c1-24-10-9-21-13-14(12-17(21)22)11-16-15(5-4-6-19-16)18(23)20-7-2-3-8-20/h4-6,14H,2-3,7-13H2,1H3. The lowest BCUT2D eigenvalue weighted by Gasteiger charge is -2.19. The Morgan fingerprint density at radius 1 is 1.38 bits per heavy atom. The van der Waals surface area contributed by atoms with E-state index in [4.69, 9.17) is 4.74 Å². The molecule has 0 spiro atoms. The van der Waals surface area contributed by atoms with Crippen LogP contribution >= 0.6 is 0 Å². The molecular weight excluding hydrogens is 306 g/mol. The van der Waals surface area contributed by atoms with Gasteiger partial charge < -0.3 is 14.5 Å². The van der Waals surface area contributed by atoms with Crippen LogP contribution in [0.15, 0.2) is 18.3 Å². The smallest absolute Gasteiger partial charge is 0.255 e. The van der Waals surface area contributed by atoms with Gasteiger partial charge in [-0.2, -0.15) is 0 Å². The number of pyridine rings is 1. The van der Waals surface area contributed by atoms with Crippen molar-refractivity contribution in [3.8, 4) is 0 Å². The topological polar surface area (TPSA) is 62.7 Å². The Kier molecular flexibility index (Phi) is 5.45. The maximum absolute atomic E-state index is 12.7. The van der Waals surface area contributed by atoms with Gasteiger partial charge in [0.25, 0.3) is 5.91 Å². The third kappa shape index (κ3) is 3.75. The molecule has 2 aliphatic rings. The van der Waals surface area contributed by atoms with E-state index in [0.717, 1.165) is 38.2 Å². The van der Waals surface area contributed by atoms with Gasteiger partial charge in [0, 0.05) is 45.9 Å². The Hall–Kier alpha value is -1.95. The molecule has 2 amide bonds. The van der Waals surface area contributed by atoms with E-state index in [-0.39, 0.29) is 17.7 Å². The third-order valence-electron chi connectivity index (χ3n) is 4.86. The molecule has 0 aromatic carbocycles. The number of aromatic nitrogens is 1. The first-order valence-electron chi connectivity index (χ1n) is 8.69. The first kappa shape index (κ1) is 16.9. The highest BCUT2D eigenvalue weighted by molar-refractivity contribution is 5.95. The zero-order valence-electron chi connectivity index (χ0n) is 14.2. The van der Waals surface area contributed by atoms with E-state index in [1.807, 2.05) is 21.9 Å². The van der Waals surface area contributed by atoms with Crippen molar-refractivity contribution in [1.82, 2.24) is 14.8 Å². The first-order valence-corrected chi connectivity index (χ1v) is 8.69. The number of hydrogen-bond donors (Lipinski definition) is 0. The SMILES string of the molecule is COCCN1CC(Cc2ncccc2C(=O)N2CCCC2)CC1=O. The van der Waals surface area contributed by atoms with E-state index in [9.17, 15) is 9.59 Å². The predicted octanol–water partition coefficient (Wildman–Crippen LogP) is 1.35. The van der Waals surface area contributed by atoms with Crippen LogP contribution in [0.25, 0.3) is 0 Å². The summed E-state index contributed by atoms with van der Waals surface area (Å²) in [7, 11) is 1.64. The van der Waals surface area contributed by atoms with Crippen LogP contribution in [0.2, 0.25) is 0 Å². The van der Waals surface area contributed by atoms with Crippen LogP contribution in [0.5, 0.6) is 0 Å². The third-order valence-corrected chi connectivity index (χ3v) is 4.86. The number of carbonyl (C=O) groups is 2. The van der Waals surface area contributed by atoms with Crippen molar-refractivity contribution in [2.45, 2.75) is 25.7 Å². The second kappa shape index (κ2) is 7.75. The van der Waals surface area contributed by atoms with Crippen LogP contribution in [0, 0.1) is 5.92 Å². The van der Waals surface area contributed by atoms with Crippen molar-refractivity contribution < 1.29 is 14.3 Å². The van der Waals surface area contributed by atoms with Gasteiger partial charge in [-0.05, 0) is 37.3 Å². The summed E-state index contributed by atoms with van der Waals surface area (Å²) in [4.78, 5) is 33.0. The molecule has 24 heavy (non-hydrogen) atoms. The fraction of sp³-hybridized carbons (Fsp3) is 0.611. The average molecular weight is 331 g/mol. The summed E-state index contributed by atoms with van der Waals surface area (Å²) in [5, 5.41) is 0. The summed E-state index contributed by atoms with van der Waals surface area (Å²) in [6.07, 6.45) is 5.08. The van der Waals surface area contributed by atoms with Crippen molar-refractivity contribution in [3.05, 3.63) is 29.6 Å². The van der Waals surface area contributed by atoms with Crippen molar-refractivity contribution in [2.24, 2.45) is 5.92 Å². The molecule has 3 heterocycles. The van der Waals surface area contributed by atoms with Gasteiger partial charge in [-0.3, -0.25) is 14.6 Å². The van der Waals surface area contributed by atoms with Crippen LogP contribution < -0.4 is 0 Å². The van der Waals surface area contributed by atoms with Crippen molar-refractivity contribution >= 4 is 11.8 Å². The van der Waals surface area contributed by atoms with Crippen LogP contribution in [0.1, 0.15) is 35.3 Å². The molecule has 1 aromatic heterocycles. The van der Waals surface area contributed by atoms with Crippen LogP contribution in [0.4, 0.5) is 0 Å². The van der Waals surface area contributed by atoms with Crippen molar-refractivity contribution in [3.63, 3.8) is 0 Å². The van der Waals surface area contributed by atoms with Crippen LogP contribution in [-0.4, -0.2) is 66.5 Å². The van der Waals surface area contributed by atoms with E-state index in [0.29, 0.717) is 31.6 Å². The first-order chi connectivity index (χ1) is 11.7. The Morgan fingerprint density at radius 3 is 2.92 bits per heavy atom. The number of amides is 2. The number of rotatable bonds is 6. The molecule has 2 fully saturated rings. The molecule has 130 valence electrons. The van der Waals surface area contributed by atoms with Gasteiger partial charge in [0.2, 0.25) is 5.91 Å². The predicted molar refractivity (Wildman–Crippen MR) is 89.6 cm³/mol. The van der Waals surface area contributed by atoms with Crippen LogP contribution in [0.3, 0.4) is 0 Å². The van der Waals surface area contributed by atoms with Gasteiger partial charge in [0.15, 0.2) is 0 Å². The number of nitrogens with zero attached hydrogens (tertiary/aromatic N) is 3. The van der Waals surface area contributed by atoms with Gasteiger partial charge >= 0.3 is 0 Å². The summed E-state index contributed by atoms with van der Waals surface area (Å²) in [5.41, 5.74) is 1.52. The minimum Gasteiger partial charge on any atom is -0.383 e.